The van der Waals surface area contributed by atoms with Crippen LogP contribution in [0.25, 0.3) is 0 Å². The molecule has 0 bridgehead atoms. The highest BCUT2D eigenvalue weighted by Gasteiger charge is 2.58. The lowest BCUT2D eigenvalue weighted by molar-refractivity contribution is -0.355. The van der Waals surface area contributed by atoms with Gasteiger partial charge in [0.1, 0.15) is 11.6 Å². The maximum atomic E-state index is 13.6. The maximum Gasteiger partial charge on any atom is 0.418 e. The highest BCUT2D eigenvalue weighted by molar-refractivity contribution is 6.08. The second kappa shape index (κ2) is 8.26. The molecule has 3 aliphatic rings. The van der Waals surface area contributed by atoms with E-state index in [1.807, 2.05) is 37.3 Å². The van der Waals surface area contributed by atoms with E-state index in [4.69, 9.17) is 14.2 Å². The Bertz CT molecular complexity index is 1050. The number of ether oxygens (including phenoxy) is 3. The molecule has 0 radical (unpaired) electrons. The van der Waals surface area contributed by atoms with Crippen LogP contribution in [0.15, 0.2) is 54.6 Å². The van der Waals surface area contributed by atoms with Crippen LogP contribution in [-0.2, 0) is 25.2 Å². The van der Waals surface area contributed by atoms with Crippen molar-refractivity contribution in [3.8, 4) is 0 Å². The molecule has 2 aromatic carbocycles. The summed E-state index contributed by atoms with van der Waals surface area (Å²) >= 11 is 0. The summed E-state index contributed by atoms with van der Waals surface area (Å²) in [6.07, 6.45) is 2.25. The second-order valence-corrected chi connectivity index (χ2v) is 10.0. The molecule has 6 nitrogen and oxygen atoms in total. The van der Waals surface area contributed by atoms with Gasteiger partial charge in [0.15, 0.2) is 13.1 Å². The van der Waals surface area contributed by atoms with Gasteiger partial charge < -0.3 is 14.2 Å². The minimum Gasteiger partial charge on any atom is -0.445 e. The van der Waals surface area contributed by atoms with Crippen LogP contribution in [0.1, 0.15) is 67.9 Å². The molecule has 3 atom stereocenters. The monoisotopic (exact) mass is 449 g/mol. The molecule has 0 spiro atoms. The number of rotatable bonds is 4. The van der Waals surface area contributed by atoms with Gasteiger partial charge in [-0.05, 0) is 48.8 Å². The van der Waals surface area contributed by atoms with Gasteiger partial charge in [-0.25, -0.2) is 9.69 Å². The summed E-state index contributed by atoms with van der Waals surface area (Å²) in [5, 5.41) is 0. The van der Waals surface area contributed by atoms with E-state index < -0.39 is 17.9 Å². The molecule has 174 valence electrons. The topological polar surface area (TPSA) is 65.1 Å². The van der Waals surface area contributed by atoms with Crippen molar-refractivity contribution in [1.29, 1.82) is 0 Å². The standard InChI is InChI=1S/C27H31NO5/c1-26(2,18-11-5-4-6-12-18)21-15-9-10-16-22(21)33-25(30)28-23(29)19-13-7-8-14-20(19)27(28,3)24-31-17-32-24/h4-8,11-14,21-22,24H,9-10,15-17H2,1-3H3/t21-,22-,27-/m0/s1. The average Bonchev–Trinajstić information content (AvgIpc) is 3.01. The Labute approximate surface area is 194 Å². The Kier molecular flexibility index (Phi) is 5.53. The number of carbonyl (C=O) groups is 2. The van der Waals surface area contributed by atoms with E-state index in [0.29, 0.717) is 5.56 Å². The van der Waals surface area contributed by atoms with Crippen molar-refractivity contribution in [3.63, 3.8) is 0 Å². The summed E-state index contributed by atoms with van der Waals surface area (Å²) in [5.74, 6) is -0.216. The predicted molar refractivity (Wildman–Crippen MR) is 122 cm³/mol. The molecule has 2 heterocycles. The molecule has 2 amide bonds. The van der Waals surface area contributed by atoms with Gasteiger partial charge in [0.25, 0.3) is 5.91 Å². The van der Waals surface area contributed by atoms with Crippen LogP contribution in [-0.4, -0.2) is 36.1 Å². The minimum absolute atomic E-state index is 0.148. The number of hydrogen-bond acceptors (Lipinski definition) is 5. The zero-order chi connectivity index (χ0) is 23.2. The Morgan fingerprint density at radius 2 is 1.70 bits per heavy atom. The number of fused-ring (bicyclic) bond motifs is 1. The maximum absolute atomic E-state index is 13.6. The Morgan fingerprint density at radius 1 is 1.03 bits per heavy atom. The summed E-state index contributed by atoms with van der Waals surface area (Å²) in [4.78, 5) is 28.2. The van der Waals surface area contributed by atoms with Crippen LogP contribution in [0, 0.1) is 5.92 Å². The van der Waals surface area contributed by atoms with Gasteiger partial charge in [0.2, 0.25) is 0 Å². The first kappa shape index (κ1) is 22.1. The Morgan fingerprint density at radius 3 is 2.39 bits per heavy atom. The van der Waals surface area contributed by atoms with E-state index in [-0.39, 0.29) is 30.1 Å². The fourth-order valence-corrected chi connectivity index (χ4v) is 5.86. The number of nitrogens with zero attached hydrogens (tertiary/aromatic N) is 1. The summed E-state index contributed by atoms with van der Waals surface area (Å²) in [5.41, 5.74) is 1.20. The first-order chi connectivity index (χ1) is 15.8. The first-order valence-electron chi connectivity index (χ1n) is 11.8. The molecule has 2 aromatic rings. The van der Waals surface area contributed by atoms with Crippen molar-refractivity contribution in [2.45, 2.75) is 69.8 Å². The van der Waals surface area contributed by atoms with Gasteiger partial charge in [-0.15, -0.1) is 0 Å². The molecule has 1 saturated heterocycles. The van der Waals surface area contributed by atoms with Gasteiger partial charge in [-0.3, -0.25) is 4.79 Å². The van der Waals surface area contributed by atoms with Gasteiger partial charge in [0.05, 0.1) is 0 Å². The quantitative estimate of drug-likeness (QED) is 0.629. The normalized spacial score (nSPS) is 27.7. The van der Waals surface area contributed by atoms with Crippen LogP contribution in [0.5, 0.6) is 0 Å². The molecular formula is C27H31NO5. The highest BCUT2D eigenvalue weighted by Crippen LogP contribution is 2.47. The molecule has 1 aliphatic carbocycles. The lowest BCUT2D eigenvalue weighted by Gasteiger charge is -2.45. The average molecular weight is 450 g/mol. The fourth-order valence-electron chi connectivity index (χ4n) is 5.86. The third-order valence-corrected chi connectivity index (χ3v) is 7.85. The zero-order valence-corrected chi connectivity index (χ0v) is 19.5. The summed E-state index contributed by atoms with van der Waals surface area (Å²) < 4.78 is 17.4. The zero-order valence-electron chi connectivity index (χ0n) is 19.5. The number of amides is 2. The molecule has 0 N–H and O–H groups in total. The van der Waals surface area contributed by atoms with E-state index in [2.05, 4.69) is 26.0 Å². The van der Waals surface area contributed by atoms with Crippen molar-refractivity contribution in [3.05, 3.63) is 71.3 Å². The van der Waals surface area contributed by atoms with Crippen molar-refractivity contribution in [2.75, 3.05) is 6.79 Å². The summed E-state index contributed by atoms with van der Waals surface area (Å²) in [6, 6.07) is 17.6. The third kappa shape index (κ3) is 3.47. The van der Waals surface area contributed by atoms with E-state index >= 15 is 0 Å². The minimum atomic E-state index is -1.07. The SMILES string of the molecule is CC(C)(c1ccccc1)[C@H]1CCCC[C@@H]1OC(=O)N1C(=O)c2ccccc2[C@@]1(C)C1OCO1. The largest absolute Gasteiger partial charge is 0.445 e. The van der Waals surface area contributed by atoms with Gasteiger partial charge in [-0.1, -0.05) is 68.8 Å². The molecule has 1 saturated carbocycles. The summed E-state index contributed by atoms with van der Waals surface area (Å²) in [7, 11) is 0. The number of benzene rings is 2. The van der Waals surface area contributed by atoms with Crippen LogP contribution in [0.2, 0.25) is 0 Å². The first-order valence-corrected chi connectivity index (χ1v) is 11.8. The third-order valence-electron chi connectivity index (χ3n) is 7.85. The fraction of sp³-hybridized carbons (Fsp3) is 0.481. The van der Waals surface area contributed by atoms with Gasteiger partial charge >= 0.3 is 6.09 Å². The van der Waals surface area contributed by atoms with E-state index in [1.165, 1.54) is 10.5 Å². The summed E-state index contributed by atoms with van der Waals surface area (Å²) in [6.45, 7) is 6.40. The molecule has 0 unspecified atom stereocenters. The van der Waals surface area contributed by atoms with Crippen molar-refractivity contribution in [1.82, 2.24) is 4.90 Å². The molecule has 5 rings (SSSR count). The van der Waals surface area contributed by atoms with Crippen molar-refractivity contribution >= 4 is 12.0 Å². The molecule has 0 aromatic heterocycles. The van der Waals surface area contributed by atoms with Gasteiger partial charge in [0, 0.05) is 11.5 Å². The smallest absolute Gasteiger partial charge is 0.418 e. The Hall–Kier alpha value is -2.70. The Balaban J connectivity index is 1.44. The van der Waals surface area contributed by atoms with E-state index in [1.54, 1.807) is 12.1 Å². The lowest BCUT2D eigenvalue weighted by atomic mass is 9.66. The van der Waals surface area contributed by atoms with E-state index in [0.717, 1.165) is 31.2 Å². The molecule has 6 heteroatoms. The van der Waals surface area contributed by atoms with Crippen LogP contribution in [0.4, 0.5) is 4.79 Å². The lowest BCUT2D eigenvalue weighted by Crippen LogP contribution is -2.58. The molecule has 2 aliphatic heterocycles. The van der Waals surface area contributed by atoms with Crippen LogP contribution in [0.3, 0.4) is 0 Å². The van der Waals surface area contributed by atoms with Crippen LogP contribution >= 0.6 is 0 Å². The predicted octanol–water partition coefficient (Wildman–Crippen LogP) is 5.36. The van der Waals surface area contributed by atoms with Crippen molar-refractivity contribution < 1.29 is 23.8 Å². The molecule has 33 heavy (non-hydrogen) atoms. The van der Waals surface area contributed by atoms with Crippen LogP contribution < -0.4 is 0 Å². The number of carbonyl (C=O) groups excluding carboxylic acids is 2. The van der Waals surface area contributed by atoms with Gasteiger partial charge in [-0.2, -0.15) is 0 Å². The van der Waals surface area contributed by atoms with E-state index in [9.17, 15) is 9.59 Å². The number of imide groups is 1. The molecule has 2 fully saturated rings. The second-order valence-electron chi connectivity index (χ2n) is 10.0. The van der Waals surface area contributed by atoms with Crippen molar-refractivity contribution in [2.24, 2.45) is 5.92 Å². The number of hydrogen-bond donors (Lipinski definition) is 0. The molecular weight excluding hydrogens is 418 g/mol. The highest BCUT2D eigenvalue weighted by atomic mass is 16.9.